The maximum absolute atomic E-state index is 14.3. The normalized spacial score (nSPS) is 17.7. The summed E-state index contributed by atoms with van der Waals surface area (Å²) < 4.78 is 88.7. The van der Waals surface area contributed by atoms with Crippen LogP contribution >= 0.6 is 11.6 Å². The number of fused-ring (bicyclic) bond motifs is 1. The molecule has 1 fully saturated rings. The van der Waals surface area contributed by atoms with Crippen molar-refractivity contribution < 1.29 is 40.6 Å². The number of carboxylic acid groups (broad SMARTS) is 1. The van der Waals surface area contributed by atoms with Crippen LogP contribution in [0, 0.1) is 5.82 Å². The van der Waals surface area contributed by atoms with E-state index < -0.39 is 44.5 Å². The highest BCUT2D eigenvalue weighted by Gasteiger charge is 2.38. The summed E-state index contributed by atoms with van der Waals surface area (Å²) in [7, 11) is -4.50. The van der Waals surface area contributed by atoms with Crippen molar-refractivity contribution in [1.29, 1.82) is 0 Å². The largest absolute Gasteiger partial charge is 0.486 e. The highest BCUT2D eigenvalue weighted by atomic mass is 35.5. The monoisotopic (exact) mass is 598 g/mol. The first kappa shape index (κ1) is 28.0. The highest BCUT2D eigenvalue weighted by Crippen LogP contribution is 2.43. The van der Waals surface area contributed by atoms with Crippen LogP contribution in [0.2, 0.25) is 5.02 Å². The zero-order valence-electron chi connectivity index (χ0n) is 20.7. The van der Waals surface area contributed by atoms with E-state index in [2.05, 4.69) is 0 Å². The number of ether oxygens (including phenoxy) is 1. The number of halogens is 5. The Kier molecular flexibility index (Phi) is 7.34. The van der Waals surface area contributed by atoms with Crippen molar-refractivity contribution in [3.05, 3.63) is 82.6 Å². The second kappa shape index (κ2) is 10.5. The number of hydrogen-bond donors (Lipinski definition) is 1. The van der Waals surface area contributed by atoms with Crippen molar-refractivity contribution in [2.45, 2.75) is 35.9 Å². The van der Waals surface area contributed by atoms with Crippen molar-refractivity contribution in [2.75, 3.05) is 28.8 Å². The summed E-state index contributed by atoms with van der Waals surface area (Å²) >= 11 is 6.17. The molecule has 0 spiro atoms. The molecule has 3 aromatic rings. The minimum Gasteiger partial charge on any atom is -0.486 e. The van der Waals surface area contributed by atoms with Crippen molar-refractivity contribution >= 4 is 39.0 Å². The van der Waals surface area contributed by atoms with Crippen LogP contribution in [0.15, 0.2) is 65.6 Å². The zero-order chi connectivity index (χ0) is 28.8. The molecule has 0 bridgehead atoms. The number of carbonyl (C=O) groups is 1. The Balaban J connectivity index is 1.48. The molecule has 0 aromatic heterocycles. The smallest absolute Gasteiger partial charge is 0.416 e. The minimum absolute atomic E-state index is 0.00782. The number of hydrogen-bond acceptors (Lipinski definition) is 5. The van der Waals surface area contributed by atoms with E-state index in [1.165, 1.54) is 12.1 Å². The lowest BCUT2D eigenvalue weighted by Crippen LogP contribution is -2.46. The second-order valence-electron chi connectivity index (χ2n) is 9.63. The zero-order valence-corrected chi connectivity index (χ0v) is 22.3. The van der Waals surface area contributed by atoms with Crippen molar-refractivity contribution in [2.24, 2.45) is 0 Å². The van der Waals surface area contributed by atoms with Gasteiger partial charge in [0.15, 0.2) is 0 Å². The Morgan fingerprint density at radius 3 is 2.45 bits per heavy atom. The summed E-state index contributed by atoms with van der Waals surface area (Å²) in [5.74, 6) is -1.50. The lowest BCUT2D eigenvalue weighted by Gasteiger charge is -2.42. The van der Waals surface area contributed by atoms with E-state index in [0.717, 1.165) is 28.1 Å². The van der Waals surface area contributed by atoms with Gasteiger partial charge < -0.3 is 14.7 Å². The third-order valence-electron chi connectivity index (χ3n) is 6.95. The fourth-order valence-corrected chi connectivity index (χ4v) is 6.70. The van der Waals surface area contributed by atoms with Gasteiger partial charge in [-0.1, -0.05) is 29.8 Å². The van der Waals surface area contributed by atoms with E-state index in [0.29, 0.717) is 19.2 Å². The van der Waals surface area contributed by atoms with Gasteiger partial charge in [-0.3, -0.25) is 9.10 Å². The first-order chi connectivity index (χ1) is 18.8. The quantitative estimate of drug-likeness (QED) is 0.340. The van der Waals surface area contributed by atoms with Crippen molar-refractivity contribution in [3.8, 4) is 5.75 Å². The Morgan fingerprint density at radius 1 is 1.05 bits per heavy atom. The maximum atomic E-state index is 14.3. The van der Waals surface area contributed by atoms with Gasteiger partial charge in [0.2, 0.25) is 0 Å². The number of benzene rings is 3. The number of carboxylic acids is 1. The first-order valence-corrected chi connectivity index (χ1v) is 14.1. The number of para-hydroxylation sites is 1. The molecule has 0 aliphatic carbocycles. The predicted molar refractivity (Wildman–Crippen MR) is 140 cm³/mol. The standard InChI is InChI=1S/C27H23ClF4N2O5S/c28-21-5-2-6-22(29)26(21)33-13-17(14-33)16-7-9-24-23(11-16)34(15-19(39-24)8-10-25(35)36)40(37,38)20-4-1-3-18(12-20)27(30,31)32/h1-7,9,11-12,17,19H,8,10,13-15H2,(H,35,36). The third kappa shape index (κ3) is 5.42. The molecule has 0 amide bonds. The Hall–Kier alpha value is -3.51. The molecular weight excluding hydrogens is 576 g/mol. The molecule has 5 rings (SSSR count). The summed E-state index contributed by atoms with van der Waals surface area (Å²) in [5.41, 5.74) is 0.0134. The molecule has 1 N–H and O–H groups in total. The van der Waals surface area contributed by atoms with E-state index in [9.17, 15) is 30.8 Å². The molecule has 2 heterocycles. The average molecular weight is 599 g/mol. The molecule has 0 radical (unpaired) electrons. The summed E-state index contributed by atoms with van der Waals surface area (Å²) in [5, 5.41) is 9.36. The van der Waals surface area contributed by atoms with Gasteiger partial charge in [-0.2, -0.15) is 13.2 Å². The topological polar surface area (TPSA) is 87.2 Å². The molecule has 1 atom stereocenters. The SMILES string of the molecule is O=C(O)CCC1CN(S(=O)(=O)c2cccc(C(F)(F)F)c2)c2cc(C3CN(c4c(F)cccc4Cl)C3)ccc2O1. The van der Waals surface area contributed by atoms with Crippen LogP contribution < -0.4 is 13.9 Å². The molecule has 13 heteroatoms. The van der Waals surface area contributed by atoms with E-state index in [-0.39, 0.29) is 47.5 Å². The van der Waals surface area contributed by atoms with Crippen LogP contribution in [0.25, 0.3) is 0 Å². The molecule has 40 heavy (non-hydrogen) atoms. The van der Waals surface area contributed by atoms with Gasteiger partial charge in [0.1, 0.15) is 17.7 Å². The minimum atomic E-state index is -4.75. The Bertz CT molecular complexity index is 1540. The van der Waals surface area contributed by atoms with E-state index in [1.807, 2.05) is 0 Å². The Morgan fingerprint density at radius 2 is 1.77 bits per heavy atom. The number of sulfonamides is 1. The molecule has 1 saturated heterocycles. The maximum Gasteiger partial charge on any atom is 0.416 e. The molecule has 212 valence electrons. The highest BCUT2D eigenvalue weighted by molar-refractivity contribution is 7.92. The summed E-state index contributed by atoms with van der Waals surface area (Å²) in [6, 6.07) is 12.7. The van der Waals surface area contributed by atoms with E-state index in [4.69, 9.17) is 21.4 Å². The first-order valence-electron chi connectivity index (χ1n) is 12.3. The van der Waals surface area contributed by atoms with E-state index in [1.54, 1.807) is 29.2 Å². The molecule has 7 nitrogen and oxygen atoms in total. The number of nitrogens with zero attached hydrogens (tertiary/aromatic N) is 2. The molecule has 1 unspecified atom stereocenters. The van der Waals surface area contributed by atoms with Crippen LogP contribution in [0.1, 0.15) is 29.9 Å². The summed E-state index contributed by atoms with van der Waals surface area (Å²) in [6.45, 7) is 0.522. The van der Waals surface area contributed by atoms with Gasteiger partial charge in [0, 0.05) is 25.4 Å². The average Bonchev–Trinajstić information content (AvgIpc) is 2.87. The predicted octanol–water partition coefficient (Wildman–Crippen LogP) is 5.92. The number of anilines is 2. The van der Waals surface area contributed by atoms with Gasteiger partial charge in [-0.15, -0.1) is 0 Å². The molecule has 2 aliphatic heterocycles. The second-order valence-corrected chi connectivity index (χ2v) is 11.9. The van der Waals surface area contributed by atoms with Crippen molar-refractivity contribution in [1.82, 2.24) is 0 Å². The van der Waals surface area contributed by atoms with Crippen LogP contribution in [0.3, 0.4) is 0 Å². The number of alkyl halides is 3. The van der Waals surface area contributed by atoms with Gasteiger partial charge in [-0.25, -0.2) is 12.8 Å². The third-order valence-corrected chi connectivity index (χ3v) is 9.03. The van der Waals surface area contributed by atoms with Gasteiger partial charge >= 0.3 is 12.1 Å². The number of aliphatic carboxylic acids is 1. The van der Waals surface area contributed by atoms with Gasteiger partial charge in [0.05, 0.1) is 33.4 Å². The molecule has 0 saturated carbocycles. The lowest BCUT2D eigenvalue weighted by molar-refractivity contribution is -0.138. The summed E-state index contributed by atoms with van der Waals surface area (Å²) in [6.07, 6.45) is -5.88. The van der Waals surface area contributed by atoms with E-state index >= 15 is 0 Å². The van der Waals surface area contributed by atoms with Gasteiger partial charge in [0.25, 0.3) is 10.0 Å². The molecule has 2 aliphatic rings. The Labute approximate surface area is 232 Å². The number of rotatable bonds is 7. The van der Waals surface area contributed by atoms with Crippen LogP contribution in [-0.2, 0) is 21.0 Å². The van der Waals surface area contributed by atoms with Crippen molar-refractivity contribution in [3.63, 3.8) is 0 Å². The fourth-order valence-electron chi connectivity index (χ4n) is 4.87. The lowest BCUT2D eigenvalue weighted by atomic mass is 9.90. The fraction of sp³-hybridized carbons (Fsp3) is 0.296. The van der Waals surface area contributed by atoms with Crippen LogP contribution in [0.4, 0.5) is 28.9 Å². The summed E-state index contributed by atoms with van der Waals surface area (Å²) in [4.78, 5) is 12.3. The molecular formula is C27H23ClF4N2O5S. The molecule has 3 aromatic carbocycles. The van der Waals surface area contributed by atoms with Crippen LogP contribution in [-0.4, -0.2) is 45.2 Å². The van der Waals surface area contributed by atoms with Crippen LogP contribution in [0.5, 0.6) is 5.75 Å². The van der Waals surface area contributed by atoms with Gasteiger partial charge in [-0.05, 0) is 54.4 Å².